The Labute approximate surface area is 127 Å². The van der Waals surface area contributed by atoms with Crippen molar-refractivity contribution in [2.75, 3.05) is 11.6 Å². The molecular weight excluding hydrogens is 302 g/mol. The Morgan fingerprint density at radius 3 is 2.73 bits per heavy atom. The smallest absolute Gasteiger partial charge is 0.275 e. The van der Waals surface area contributed by atoms with Crippen molar-refractivity contribution in [3.05, 3.63) is 60.6 Å². The van der Waals surface area contributed by atoms with Gasteiger partial charge >= 0.3 is 0 Å². The SMILES string of the molecule is CS(=O)(=O)c1cccc(NC(=O)c2cn3ccccc3n2)c1. The summed E-state index contributed by atoms with van der Waals surface area (Å²) in [5.41, 5.74) is 1.33. The highest BCUT2D eigenvalue weighted by Crippen LogP contribution is 2.16. The van der Waals surface area contributed by atoms with E-state index in [9.17, 15) is 13.2 Å². The third kappa shape index (κ3) is 2.84. The summed E-state index contributed by atoms with van der Waals surface area (Å²) in [6.07, 6.45) is 4.53. The van der Waals surface area contributed by atoms with Crippen LogP contribution in [-0.4, -0.2) is 30.0 Å². The van der Waals surface area contributed by atoms with E-state index in [-0.39, 0.29) is 10.6 Å². The van der Waals surface area contributed by atoms with Crippen LogP contribution in [0.3, 0.4) is 0 Å². The quantitative estimate of drug-likeness (QED) is 0.801. The number of hydrogen-bond donors (Lipinski definition) is 1. The van der Waals surface area contributed by atoms with Crippen molar-refractivity contribution in [2.45, 2.75) is 4.90 Å². The first-order valence-corrected chi connectivity index (χ1v) is 8.38. The maximum Gasteiger partial charge on any atom is 0.275 e. The molecule has 2 aromatic heterocycles. The van der Waals surface area contributed by atoms with E-state index < -0.39 is 15.7 Å². The number of amides is 1. The van der Waals surface area contributed by atoms with E-state index in [0.29, 0.717) is 11.3 Å². The highest BCUT2D eigenvalue weighted by molar-refractivity contribution is 7.90. The molecule has 3 aromatic rings. The molecule has 1 amide bonds. The number of nitrogens with zero attached hydrogens (tertiary/aromatic N) is 2. The molecule has 0 unspecified atom stereocenters. The highest BCUT2D eigenvalue weighted by atomic mass is 32.2. The molecule has 0 radical (unpaired) electrons. The third-order valence-electron chi connectivity index (χ3n) is 3.12. The summed E-state index contributed by atoms with van der Waals surface area (Å²) in [6.45, 7) is 0. The first-order chi connectivity index (χ1) is 10.4. The first kappa shape index (κ1) is 14.3. The van der Waals surface area contributed by atoms with E-state index in [0.717, 1.165) is 6.26 Å². The van der Waals surface area contributed by atoms with E-state index >= 15 is 0 Å². The topological polar surface area (TPSA) is 80.5 Å². The number of anilines is 1. The molecule has 0 saturated carbocycles. The predicted molar refractivity (Wildman–Crippen MR) is 82.7 cm³/mol. The van der Waals surface area contributed by atoms with Gasteiger partial charge in [0.25, 0.3) is 5.91 Å². The van der Waals surface area contributed by atoms with Crippen molar-refractivity contribution in [3.63, 3.8) is 0 Å². The van der Waals surface area contributed by atoms with Crippen molar-refractivity contribution >= 4 is 27.1 Å². The normalized spacial score (nSPS) is 11.5. The number of benzene rings is 1. The zero-order valence-electron chi connectivity index (χ0n) is 11.7. The van der Waals surface area contributed by atoms with E-state index in [4.69, 9.17) is 0 Å². The highest BCUT2D eigenvalue weighted by Gasteiger charge is 2.12. The monoisotopic (exact) mass is 315 g/mol. The molecule has 3 rings (SSSR count). The molecule has 1 aromatic carbocycles. The lowest BCUT2D eigenvalue weighted by Gasteiger charge is -2.05. The molecule has 0 fully saturated rings. The second-order valence-corrected chi connectivity index (χ2v) is 6.86. The van der Waals surface area contributed by atoms with Crippen LogP contribution < -0.4 is 5.32 Å². The number of nitrogens with one attached hydrogen (secondary N) is 1. The van der Waals surface area contributed by atoms with Gasteiger partial charge in [0.2, 0.25) is 0 Å². The van der Waals surface area contributed by atoms with Crippen molar-refractivity contribution in [3.8, 4) is 0 Å². The molecule has 0 spiro atoms. The molecule has 112 valence electrons. The average molecular weight is 315 g/mol. The minimum atomic E-state index is -3.32. The van der Waals surface area contributed by atoms with Gasteiger partial charge in [-0.1, -0.05) is 12.1 Å². The Morgan fingerprint density at radius 1 is 1.18 bits per heavy atom. The van der Waals surface area contributed by atoms with Crippen molar-refractivity contribution in [1.29, 1.82) is 0 Å². The lowest BCUT2D eigenvalue weighted by Crippen LogP contribution is -2.12. The number of fused-ring (bicyclic) bond motifs is 1. The second kappa shape index (κ2) is 5.27. The first-order valence-electron chi connectivity index (χ1n) is 6.49. The number of aromatic nitrogens is 2. The number of pyridine rings is 1. The van der Waals surface area contributed by atoms with E-state index in [1.54, 1.807) is 35.0 Å². The molecule has 7 heteroatoms. The molecule has 0 aliphatic carbocycles. The van der Waals surface area contributed by atoms with Crippen LogP contribution >= 0.6 is 0 Å². The molecule has 6 nitrogen and oxygen atoms in total. The van der Waals surface area contributed by atoms with Crippen molar-refractivity contribution < 1.29 is 13.2 Å². The maximum atomic E-state index is 12.2. The standard InChI is InChI=1S/C15H13N3O3S/c1-22(20,21)12-6-4-5-11(9-12)16-15(19)13-10-18-8-3-2-7-14(18)17-13/h2-10H,1H3,(H,16,19). The van der Waals surface area contributed by atoms with Crippen LogP contribution in [0, 0.1) is 0 Å². The van der Waals surface area contributed by atoms with Crippen LogP contribution in [0.25, 0.3) is 5.65 Å². The largest absolute Gasteiger partial charge is 0.321 e. The fourth-order valence-electron chi connectivity index (χ4n) is 2.04. The van der Waals surface area contributed by atoms with E-state index in [1.807, 2.05) is 12.1 Å². The van der Waals surface area contributed by atoms with Gasteiger partial charge in [-0.3, -0.25) is 4.79 Å². The van der Waals surface area contributed by atoms with Gasteiger partial charge in [0.05, 0.1) is 4.90 Å². The molecule has 1 N–H and O–H groups in total. The number of hydrogen-bond acceptors (Lipinski definition) is 4. The Bertz CT molecular complexity index is 928. The number of imidazole rings is 1. The van der Waals surface area contributed by atoms with Crippen LogP contribution in [0.15, 0.2) is 59.8 Å². The Morgan fingerprint density at radius 2 is 2.00 bits per heavy atom. The number of rotatable bonds is 3. The fraction of sp³-hybridized carbons (Fsp3) is 0.0667. The maximum absolute atomic E-state index is 12.2. The predicted octanol–water partition coefficient (Wildman–Crippen LogP) is 1.99. The summed E-state index contributed by atoms with van der Waals surface area (Å²) >= 11 is 0. The lowest BCUT2D eigenvalue weighted by molar-refractivity contribution is 0.102. The van der Waals surface area contributed by atoms with Gasteiger partial charge in [0, 0.05) is 24.3 Å². The molecule has 22 heavy (non-hydrogen) atoms. The van der Waals surface area contributed by atoms with Crippen LogP contribution in [-0.2, 0) is 9.84 Å². The van der Waals surface area contributed by atoms with Gasteiger partial charge in [-0.2, -0.15) is 0 Å². The van der Waals surface area contributed by atoms with Crippen LogP contribution in [0.5, 0.6) is 0 Å². The summed E-state index contributed by atoms with van der Waals surface area (Å²) in [6, 6.07) is 11.6. The van der Waals surface area contributed by atoms with Crippen LogP contribution in [0.4, 0.5) is 5.69 Å². The molecule has 0 aliphatic rings. The third-order valence-corrected chi connectivity index (χ3v) is 4.23. The molecular formula is C15H13N3O3S. The Balaban J connectivity index is 1.88. The average Bonchev–Trinajstić information content (AvgIpc) is 2.90. The van der Waals surface area contributed by atoms with Gasteiger partial charge in [0.1, 0.15) is 11.3 Å². The molecule has 2 heterocycles. The zero-order valence-corrected chi connectivity index (χ0v) is 12.5. The summed E-state index contributed by atoms with van der Waals surface area (Å²) in [5, 5.41) is 2.65. The van der Waals surface area contributed by atoms with E-state index in [2.05, 4.69) is 10.3 Å². The number of carbonyl (C=O) groups is 1. The van der Waals surface area contributed by atoms with Gasteiger partial charge < -0.3 is 9.72 Å². The second-order valence-electron chi connectivity index (χ2n) is 4.85. The van der Waals surface area contributed by atoms with Gasteiger partial charge in [-0.25, -0.2) is 13.4 Å². The molecule has 0 bridgehead atoms. The van der Waals surface area contributed by atoms with Crippen molar-refractivity contribution in [2.24, 2.45) is 0 Å². The Hall–Kier alpha value is -2.67. The summed E-state index contributed by atoms with van der Waals surface area (Å²) in [4.78, 5) is 16.6. The lowest BCUT2D eigenvalue weighted by atomic mass is 10.3. The van der Waals surface area contributed by atoms with Crippen LogP contribution in [0.2, 0.25) is 0 Å². The summed E-state index contributed by atoms with van der Waals surface area (Å²) in [7, 11) is -3.32. The van der Waals surface area contributed by atoms with Gasteiger partial charge in [0.15, 0.2) is 9.84 Å². The number of carbonyl (C=O) groups excluding carboxylic acids is 1. The zero-order chi connectivity index (χ0) is 15.7. The van der Waals surface area contributed by atoms with E-state index in [1.165, 1.54) is 12.1 Å². The summed E-state index contributed by atoms with van der Waals surface area (Å²) in [5.74, 6) is -0.394. The molecule has 0 saturated heterocycles. The Kier molecular flexibility index (Phi) is 3.42. The van der Waals surface area contributed by atoms with Crippen LogP contribution in [0.1, 0.15) is 10.5 Å². The molecule has 0 atom stereocenters. The van der Waals surface area contributed by atoms with Gasteiger partial charge in [-0.05, 0) is 30.3 Å². The summed E-state index contributed by atoms with van der Waals surface area (Å²) < 4.78 is 24.8. The minimum Gasteiger partial charge on any atom is -0.321 e. The minimum absolute atomic E-state index is 0.153. The number of sulfone groups is 1. The van der Waals surface area contributed by atoms with Gasteiger partial charge in [-0.15, -0.1) is 0 Å². The molecule has 0 aliphatic heterocycles. The van der Waals surface area contributed by atoms with Crippen molar-refractivity contribution in [1.82, 2.24) is 9.38 Å². The fourth-order valence-corrected chi connectivity index (χ4v) is 2.71.